The topological polar surface area (TPSA) is 21.3 Å². The van der Waals surface area contributed by atoms with Crippen molar-refractivity contribution >= 4 is 0 Å². The molecule has 2 rings (SSSR count). The van der Waals surface area contributed by atoms with E-state index in [4.69, 9.17) is 4.74 Å². The van der Waals surface area contributed by atoms with Crippen LogP contribution in [0.15, 0.2) is 24.3 Å². The zero-order valence-corrected chi connectivity index (χ0v) is 10.1. The average Bonchev–Trinajstić information content (AvgIpc) is 2.38. The van der Waals surface area contributed by atoms with Gasteiger partial charge in [0, 0.05) is 12.6 Å². The molecule has 0 bridgehead atoms. The Labute approximate surface area is 102 Å². The molecule has 1 aliphatic carbocycles. The van der Waals surface area contributed by atoms with Crippen LogP contribution in [0.5, 0.6) is 5.75 Å². The number of hydrogen-bond donors (Lipinski definition) is 1. The Bertz CT molecular complexity index is 319. The minimum atomic E-state index is -0.224. The summed E-state index contributed by atoms with van der Waals surface area (Å²) in [6, 6.07) is 6.83. The van der Waals surface area contributed by atoms with E-state index in [0.717, 1.165) is 12.3 Å². The largest absolute Gasteiger partial charge is 0.492 e. The van der Waals surface area contributed by atoms with Crippen LogP contribution in [-0.4, -0.2) is 19.2 Å². The zero-order valence-electron chi connectivity index (χ0n) is 10.1. The first kappa shape index (κ1) is 12.4. The molecular weight excluding hydrogens is 217 g/mol. The van der Waals surface area contributed by atoms with Crippen molar-refractivity contribution in [2.24, 2.45) is 0 Å². The van der Waals surface area contributed by atoms with Crippen LogP contribution in [0.4, 0.5) is 4.39 Å². The summed E-state index contributed by atoms with van der Waals surface area (Å²) in [5.41, 5.74) is 0. The summed E-state index contributed by atoms with van der Waals surface area (Å²) in [7, 11) is 0. The normalized spacial score (nSPS) is 17.0. The van der Waals surface area contributed by atoms with Gasteiger partial charge in [0.1, 0.15) is 18.2 Å². The van der Waals surface area contributed by atoms with E-state index in [1.54, 1.807) is 12.1 Å². The summed E-state index contributed by atoms with van der Waals surface area (Å²) in [4.78, 5) is 0. The molecule has 1 aromatic carbocycles. The first-order valence-corrected chi connectivity index (χ1v) is 6.46. The summed E-state index contributed by atoms with van der Waals surface area (Å²) in [6.45, 7) is 1.50. The molecule has 94 valence electrons. The number of nitrogens with one attached hydrogen (secondary N) is 1. The predicted octanol–water partition coefficient (Wildman–Crippen LogP) is 3.13. The Morgan fingerprint density at radius 3 is 2.53 bits per heavy atom. The van der Waals surface area contributed by atoms with Gasteiger partial charge in [-0.25, -0.2) is 4.39 Å². The van der Waals surface area contributed by atoms with Crippen molar-refractivity contribution in [2.45, 2.75) is 38.1 Å². The van der Waals surface area contributed by atoms with Crippen LogP contribution in [-0.2, 0) is 0 Å². The molecule has 0 heterocycles. The second kappa shape index (κ2) is 6.60. The number of halogens is 1. The highest BCUT2D eigenvalue weighted by Crippen LogP contribution is 2.17. The summed E-state index contributed by atoms with van der Waals surface area (Å²) < 4.78 is 18.2. The first-order valence-electron chi connectivity index (χ1n) is 6.46. The summed E-state index contributed by atoms with van der Waals surface area (Å²) in [5, 5.41) is 3.50. The highest BCUT2D eigenvalue weighted by molar-refractivity contribution is 5.21. The van der Waals surface area contributed by atoms with Gasteiger partial charge in [0.05, 0.1) is 0 Å². The van der Waals surface area contributed by atoms with Crippen LogP contribution in [0.2, 0.25) is 0 Å². The van der Waals surface area contributed by atoms with Crippen molar-refractivity contribution in [1.29, 1.82) is 0 Å². The van der Waals surface area contributed by atoms with Crippen LogP contribution in [0.3, 0.4) is 0 Å². The lowest BCUT2D eigenvalue weighted by atomic mass is 9.96. The minimum absolute atomic E-state index is 0.224. The first-order chi connectivity index (χ1) is 8.34. The van der Waals surface area contributed by atoms with Crippen LogP contribution < -0.4 is 10.1 Å². The van der Waals surface area contributed by atoms with Crippen molar-refractivity contribution in [2.75, 3.05) is 13.2 Å². The summed E-state index contributed by atoms with van der Waals surface area (Å²) in [5.74, 6) is 0.509. The Hall–Kier alpha value is -1.09. The molecule has 0 saturated heterocycles. The maximum absolute atomic E-state index is 12.6. The van der Waals surface area contributed by atoms with Gasteiger partial charge in [-0.15, -0.1) is 0 Å². The van der Waals surface area contributed by atoms with Gasteiger partial charge in [-0.1, -0.05) is 19.3 Å². The van der Waals surface area contributed by atoms with Crippen molar-refractivity contribution in [1.82, 2.24) is 5.32 Å². The Kier molecular flexibility index (Phi) is 4.80. The molecule has 3 heteroatoms. The molecule has 0 unspecified atom stereocenters. The number of benzene rings is 1. The van der Waals surface area contributed by atoms with Gasteiger partial charge in [0.2, 0.25) is 0 Å². The van der Waals surface area contributed by atoms with Crippen molar-refractivity contribution < 1.29 is 9.13 Å². The highest BCUT2D eigenvalue weighted by atomic mass is 19.1. The third-order valence-corrected chi connectivity index (χ3v) is 3.22. The fourth-order valence-corrected chi connectivity index (χ4v) is 2.27. The molecule has 0 spiro atoms. The lowest BCUT2D eigenvalue weighted by Crippen LogP contribution is -2.34. The molecule has 1 N–H and O–H groups in total. The highest BCUT2D eigenvalue weighted by Gasteiger charge is 2.11. The maximum atomic E-state index is 12.6. The Balaban J connectivity index is 1.60. The van der Waals surface area contributed by atoms with Gasteiger partial charge >= 0.3 is 0 Å². The number of ether oxygens (including phenoxy) is 1. The second-order valence-corrected chi connectivity index (χ2v) is 4.59. The predicted molar refractivity (Wildman–Crippen MR) is 66.8 cm³/mol. The van der Waals surface area contributed by atoms with E-state index in [1.165, 1.54) is 44.2 Å². The second-order valence-electron chi connectivity index (χ2n) is 4.59. The number of rotatable bonds is 5. The number of hydrogen-bond acceptors (Lipinski definition) is 2. The van der Waals surface area contributed by atoms with Gasteiger partial charge in [-0.2, -0.15) is 0 Å². The molecule has 2 nitrogen and oxygen atoms in total. The van der Waals surface area contributed by atoms with Gasteiger partial charge in [-0.05, 0) is 37.1 Å². The molecule has 1 aliphatic rings. The third kappa shape index (κ3) is 4.35. The minimum Gasteiger partial charge on any atom is -0.492 e. The Morgan fingerprint density at radius 1 is 1.12 bits per heavy atom. The lowest BCUT2D eigenvalue weighted by molar-refractivity contribution is 0.289. The van der Waals surface area contributed by atoms with Gasteiger partial charge < -0.3 is 10.1 Å². The van der Waals surface area contributed by atoms with Crippen LogP contribution in [0.1, 0.15) is 32.1 Å². The molecule has 1 fully saturated rings. The molecular formula is C14H20FNO. The lowest BCUT2D eigenvalue weighted by Gasteiger charge is -2.22. The molecule has 0 radical (unpaired) electrons. The standard InChI is InChI=1S/C14H20FNO/c15-12-6-8-14(9-7-12)17-11-10-16-13-4-2-1-3-5-13/h6-9,13,16H,1-5,10-11H2. The van der Waals surface area contributed by atoms with E-state index < -0.39 is 0 Å². The molecule has 0 aliphatic heterocycles. The van der Waals surface area contributed by atoms with Gasteiger partial charge in [0.25, 0.3) is 0 Å². The molecule has 0 atom stereocenters. The summed E-state index contributed by atoms with van der Waals surface area (Å²) in [6.07, 6.45) is 6.64. The van der Waals surface area contributed by atoms with Crippen LogP contribution in [0, 0.1) is 5.82 Å². The monoisotopic (exact) mass is 237 g/mol. The third-order valence-electron chi connectivity index (χ3n) is 3.22. The zero-order chi connectivity index (χ0) is 11.9. The molecule has 17 heavy (non-hydrogen) atoms. The smallest absolute Gasteiger partial charge is 0.123 e. The van der Waals surface area contributed by atoms with E-state index in [1.807, 2.05) is 0 Å². The molecule has 1 aromatic rings. The Morgan fingerprint density at radius 2 is 1.82 bits per heavy atom. The van der Waals surface area contributed by atoms with Crippen LogP contribution >= 0.6 is 0 Å². The summed E-state index contributed by atoms with van der Waals surface area (Å²) >= 11 is 0. The van der Waals surface area contributed by atoms with E-state index in [2.05, 4.69) is 5.32 Å². The molecule has 0 amide bonds. The van der Waals surface area contributed by atoms with Crippen molar-refractivity contribution in [3.8, 4) is 5.75 Å². The van der Waals surface area contributed by atoms with E-state index in [9.17, 15) is 4.39 Å². The molecule has 0 aromatic heterocycles. The van der Waals surface area contributed by atoms with Crippen molar-refractivity contribution in [3.05, 3.63) is 30.1 Å². The van der Waals surface area contributed by atoms with Gasteiger partial charge in [0.15, 0.2) is 0 Å². The fourth-order valence-electron chi connectivity index (χ4n) is 2.27. The van der Waals surface area contributed by atoms with Crippen molar-refractivity contribution in [3.63, 3.8) is 0 Å². The fraction of sp³-hybridized carbons (Fsp3) is 0.571. The quantitative estimate of drug-likeness (QED) is 0.794. The molecule has 1 saturated carbocycles. The average molecular weight is 237 g/mol. The maximum Gasteiger partial charge on any atom is 0.123 e. The van der Waals surface area contributed by atoms with Crippen LogP contribution in [0.25, 0.3) is 0 Å². The van der Waals surface area contributed by atoms with Gasteiger partial charge in [-0.3, -0.25) is 0 Å². The SMILES string of the molecule is Fc1ccc(OCCNC2CCCCC2)cc1. The van der Waals surface area contributed by atoms with E-state index in [-0.39, 0.29) is 5.82 Å². The van der Waals surface area contributed by atoms with E-state index in [0.29, 0.717) is 12.6 Å². The van der Waals surface area contributed by atoms with E-state index >= 15 is 0 Å².